The topological polar surface area (TPSA) is 100 Å². The highest BCUT2D eigenvalue weighted by Gasteiger charge is 2.32. The monoisotopic (exact) mass is 360 g/mol. The van der Waals surface area contributed by atoms with Crippen molar-refractivity contribution in [2.45, 2.75) is 25.5 Å². The molecule has 0 aliphatic carbocycles. The first-order chi connectivity index (χ1) is 12.0. The molecule has 1 rings (SSSR count). The molecule has 0 aliphatic rings. The fourth-order valence-electron chi connectivity index (χ4n) is 2.26. The molecule has 0 amide bonds. The quantitative estimate of drug-likeness (QED) is 0.565. The Balaban J connectivity index is 2.91. The van der Waals surface area contributed by atoms with Crippen molar-refractivity contribution in [2.24, 2.45) is 11.8 Å². The Labute approximate surface area is 152 Å². The molecule has 1 aromatic rings. The number of hydrogen-bond donors (Lipinski definition) is 1. The Kier molecular flexibility index (Phi) is 8.52. The van der Waals surface area contributed by atoms with Gasteiger partial charge in [0.1, 0.15) is 5.92 Å². The zero-order valence-corrected chi connectivity index (χ0v) is 15.0. The van der Waals surface area contributed by atoms with Gasteiger partial charge in [-0.25, -0.2) is 4.79 Å². The van der Waals surface area contributed by atoms with Crippen molar-refractivity contribution in [3.63, 3.8) is 0 Å². The fraction of sp³-hybridized carbons (Fsp3) is 0.444. The van der Waals surface area contributed by atoms with E-state index in [-0.39, 0.29) is 13.0 Å². The van der Waals surface area contributed by atoms with Crippen LogP contribution < -0.4 is 0 Å². The van der Waals surface area contributed by atoms with Crippen molar-refractivity contribution >= 4 is 24.6 Å². The van der Waals surface area contributed by atoms with Gasteiger partial charge in [-0.2, -0.15) is 23.2 Å². The van der Waals surface area contributed by atoms with Crippen LogP contribution in [0.4, 0.5) is 0 Å². The molecular weight excluding hydrogens is 340 g/mol. The van der Waals surface area contributed by atoms with Gasteiger partial charge >= 0.3 is 11.9 Å². The smallest absolute Gasteiger partial charge is 0.338 e. The third-order valence-corrected chi connectivity index (χ3v) is 4.06. The van der Waals surface area contributed by atoms with Crippen LogP contribution in [0.15, 0.2) is 24.3 Å². The lowest BCUT2D eigenvalue weighted by molar-refractivity contribution is -0.149. The first-order valence-corrected chi connectivity index (χ1v) is 8.41. The minimum atomic E-state index is -1.10. The summed E-state index contributed by atoms with van der Waals surface area (Å²) in [6.07, 6.45) is 0.173. The number of nitrogens with zero attached hydrogens (tertiary/aromatic N) is 2. The second-order valence-corrected chi connectivity index (χ2v) is 5.81. The number of nitriles is 2. The summed E-state index contributed by atoms with van der Waals surface area (Å²) in [6, 6.07) is 10.3. The van der Waals surface area contributed by atoms with Crippen LogP contribution in [0.5, 0.6) is 0 Å². The van der Waals surface area contributed by atoms with Crippen molar-refractivity contribution in [3.05, 3.63) is 35.4 Å². The Bertz CT molecular complexity index is 662. The molecule has 25 heavy (non-hydrogen) atoms. The number of thiol groups is 1. The molecule has 0 spiro atoms. The van der Waals surface area contributed by atoms with Crippen LogP contribution in [0.3, 0.4) is 0 Å². The number of benzene rings is 1. The number of esters is 2. The molecule has 0 saturated heterocycles. The second kappa shape index (κ2) is 10.4. The number of hydrogen-bond acceptors (Lipinski definition) is 7. The van der Waals surface area contributed by atoms with E-state index in [1.54, 1.807) is 38.1 Å². The molecular formula is C18H20N2O4S. The molecule has 0 heterocycles. The maximum atomic E-state index is 12.1. The highest BCUT2D eigenvalue weighted by molar-refractivity contribution is 7.80. The normalized spacial score (nSPS) is 12.6. The lowest BCUT2D eigenvalue weighted by Gasteiger charge is -2.20. The Morgan fingerprint density at radius 2 is 1.64 bits per heavy atom. The molecule has 132 valence electrons. The first-order valence-electron chi connectivity index (χ1n) is 7.89. The zero-order chi connectivity index (χ0) is 18.8. The molecule has 0 saturated carbocycles. The van der Waals surface area contributed by atoms with Crippen LogP contribution in [0.1, 0.15) is 41.4 Å². The van der Waals surface area contributed by atoms with Crippen LogP contribution in [-0.4, -0.2) is 25.2 Å². The highest BCUT2D eigenvalue weighted by Crippen LogP contribution is 2.31. The molecule has 2 unspecified atom stereocenters. The van der Waals surface area contributed by atoms with Crippen LogP contribution in [0.25, 0.3) is 0 Å². The molecule has 0 aromatic heterocycles. The van der Waals surface area contributed by atoms with Crippen LogP contribution in [0, 0.1) is 34.5 Å². The number of carbonyl (C=O) groups is 2. The number of ether oxygens (including phenoxy) is 2. The Morgan fingerprint density at radius 1 is 1.08 bits per heavy atom. The predicted octanol–water partition coefficient (Wildman–Crippen LogP) is 3.07. The Hall–Kier alpha value is -2.51. The third-order valence-electron chi connectivity index (χ3n) is 3.55. The fourth-order valence-corrected chi connectivity index (χ4v) is 2.66. The van der Waals surface area contributed by atoms with Gasteiger partial charge < -0.3 is 9.47 Å². The average molecular weight is 360 g/mol. The van der Waals surface area contributed by atoms with E-state index in [4.69, 9.17) is 20.0 Å². The van der Waals surface area contributed by atoms with E-state index < -0.39 is 29.0 Å². The van der Waals surface area contributed by atoms with Crippen molar-refractivity contribution in [2.75, 3.05) is 13.2 Å². The summed E-state index contributed by atoms with van der Waals surface area (Å²) in [5.74, 6) is -2.99. The minimum absolute atomic E-state index is 0.171. The molecule has 6 nitrogen and oxygen atoms in total. The summed E-state index contributed by atoms with van der Waals surface area (Å²) < 4.78 is 9.89. The van der Waals surface area contributed by atoms with E-state index in [9.17, 15) is 9.59 Å². The van der Waals surface area contributed by atoms with Gasteiger partial charge in [-0.05, 0) is 38.0 Å². The van der Waals surface area contributed by atoms with Crippen LogP contribution in [0.2, 0.25) is 0 Å². The largest absolute Gasteiger partial charge is 0.466 e. The van der Waals surface area contributed by atoms with Crippen molar-refractivity contribution in [3.8, 4) is 12.1 Å². The maximum Gasteiger partial charge on any atom is 0.338 e. The maximum absolute atomic E-state index is 12.1. The van der Waals surface area contributed by atoms with E-state index in [1.165, 1.54) is 0 Å². The lowest BCUT2D eigenvalue weighted by atomic mass is 9.88. The van der Waals surface area contributed by atoms with Gasteiger partial charge in [0.15, 0.2) is 0 Å². The average Bonchev–Trinajstić information content (AvgIpc) is 2.62. The summed E-state index contributed by atoms with van der Waals surface area (Å²) in [4.78, 5) is 23.7. The molecule has 2 atom stereocenters. The van der Waals surface area contributed by atoms with Gasteiger partial charge in [0.25, 0.3) is 0 Å². The minimum Gasteiger partial charge on any atom is -0.466 e. The van der Waals surface area contributed by atoms with Gasteiger partial charge in [-0.15, -0.1) is 0 Å². The summed E-state index contributed by atoms with van der Waals surface area (Å²) in [6.45, 7) is 3.85. The van der Waals surface area contributed by atoms with Crippen molar-refractivity contribution in [1.29, 1.82) is 10.5 Å². The van der Waals surface area contributed by atoms with Gasteiger partial charge in [0, 0.05) is 5.25 Å². The molecule has 0 N–H and O–H groups in total. The SMILES string of the molecule is CCOC(=O)c1ccc(C(S)CC(C(=O)OCC)C(C#N)C#N)cc1. The van der Waals surface area contributed by atoms with E-state index in [0.717, 1.165) is 5.56 Å². The summed E-state index contributed by atoms with van der Waals surface area (Å²) in [5, 5.41) is 17.8. The summed E-state index contributed by atoms with van der Waals surface area (Å²) in [5.41, 5.74) is 1.18. The Morgan fingerprint density at radius 3 is 2.12 bits per heavy atom. The number of carbonyl (C=O) groups excluding carboxylic acids is 2. The van der Waals surface area contributed by atoms with Crippen molar-refractivity contribution in [1.82, 2.24) is 0 Å². The lowest BCUT2D eigenvalue weighted by Crippen LogP contribution is -2.25. The molecule has 0 aliphatic heterocycles. The second-order valence-electron chi connectivity index (χ2n) is 5.19. The van der Waals surface area contributed by atoms with E-state index in [2.05, 4.69) is 12.6 Å². The molecule has 1 aromatic carbocycles. The predicted molar refractivity (Wildman–Crippen MR) is 93.6 cm³/mol. The van der Waals surface area contributed by atoms with Crippen LogP contribution in [-0.2, 0) is 14.3 Å². The van der Waals surface area contributed by atoms with Crippen LogP contribution >= 0.6 is 12.6 Å². The molecule has 0 fully saturated rings. The van der Waals surface area contributed by atoms with E-state index in [1.807, 2.05) is 12.1 Å². The van der Waals surface area contributed by atoms with Gasteiger partial charge in [0.2, 0.25) is 0 Å². The molecule has 7 heteroatoms. The van der Waals surface area contributed by atoms with Gasteiger partial charge in [-0.1, -0.05) is 12.1 Å². The first kappa shape index (κ1) is 20.5. The number of rotatable bonds is 8. The third kappa shape index (κ3) is 5.81. The van der Waals surface area contributed by atoms with E-state index in [0.29, 0.717) is 12.2 Å². The van der Waals surface area contributed by atoms with Gasteiger partial charge in [0.05, 0.1) is 36.8 Å². The highest BCUT2D eigenvalue weighted by atomic mass is 32.1. The summed E-state index contributed by atoms with van der Waals surface area (Å²) >= 11 is 4.48. The molecule has 0 bridgehead atoms. The molecule has 0 radical (unpaired) electrons. The zero-order valence-electron chi connectivity index (χ0n) is 14.1. The van der Waals surface area contributed by atoms with Crippen molar-refractivity contribution < 1.29 is 19.1 Å². The standard InChI is InChI=1S/C18H20N2O4S/c1-3-23-17(21)13-7-5-12(6-8-13)16(25)9-15(14(10-19)11-20)18(22)24-4-2/h5-8,14-16,25H,3-4,9H2,1-2H3. The van der Waals surface area contributed by atoms with Gasteiger partial charge in [-0.3, -0.25) is 4.79 Å². The van der Waals surface area contributed by atoms with E-state index >= 15 is 0 Å². The summed E-state index contributed by atoms with van der Waals surface area (Å²) in [7, 11) is 0.